The van der Waals surface area contributed by atoms with Crippen LogP contribution in [-0.2, 0) is 11.2 Å². The number of anilines is 2. The van der Waals surface area contributed by atoms with Gasteiger partial charge in [0, 0.05) is 43.5 Å². The number of amides is 1. The fourth-order valence-corrected chi connectivity index (χ4v) is 3.01. The summed E-state index contributed by atoms with van der Waals surface area (Å²) in [6.45, 7) is 8.15. The second-order valence-corrected chi connectivity index (χ2v) is 6.66. The second kappa shape index (κ2) is 8.23. The highest BCUT2D eigenvalue weighted by molar-refractivity contribution is 5.95. The third-order valence-electron chi connectivity index (χ3n) is 4.36. The van der Waals surface area contributed by atoms with Crippen LogP contribution >= 0.6 is 0 Å². The normalized spacial score (nSPS) is 17.2. The molecule has 7 nitrogen and oxygen atoms in total. The SMILES string of the molecule is CCCc1nc(C)cc(N2CCNC(C(=O)Nc3ccc(C)nc3)C2)n1. The molecule has 0 saturated carbocycles. The van der Waals surface area contributed by atoms with Gasteiger partial charge in [-0.3, -0.25) is 9.78 Å². The summed E-state index contributed by atoms with van der Waals surface area (Å²) in [6, 6.07) is 5.44. The topological polar surface area (TPSA) is 83.0 Å². The molecule has 1 fully saturated rings. The third-order valence-corrected chi connectivity index (χ3v) is 4.36. The summed E-state index contributed by atoms with van der Waals surface area (Å²) >= 11 is 0. The minimum Gasteiger partial charge on any atom is -0.353 e. The maximum absolute atomic E-state index is 12.6. The Balaban J connectivity index is 1.68. The summed E-state index contributed by atoms with van der Waals surface area (Å²) in [6.07, 6.45) is 3.56. The van der Waals surface area contributed by atoms with E-state index in [-0.39, 0.29) is 11.9 Å². The lowest BCUT2D eigenvalue weighted by Crippen LogP contribution is -2.56. The van der Waals surface area contributed by atoms with E-state index in [9.17, 15) is 4.79 Å². The molecule has 2 N–H and O–H groups in total. The van der Waals surface area contributed by atoms with Gasteiger partial charge >= 0.3 is 0 Å². The van der Waals surface area contributed by atoms with Crippen LogP contribution in [-0.4, -0.2) is 46.5 Å². The Morgan fingerprint density at radius 1 is 1.31 bits per heavy atom. The Morgan fingerprint density at radius 2 is 2.15 bits per heavy atom. The molecule has 3 rings (SSSR count). The van der Waals surface area contributed by atoms with Gasteiger partial charge < -0.3 is 15.5 Å². The second-order valence-electron chi connectivity index (χ2n) is 6.66. The van der Waals surface area contributed by atoms with Gasteiger partial charge in [0.1, 0.15) is 17.7 Å². The molecule has 138 valence electrons. The van der Waals surface area contributed by atoms with E-state index in [4.69, 9.17) is 0 Å². The summed E-state index contributed by atoms with van der Waals surface area (Å²) in [4.78, 5) is 28.1. The Morgan fingerprint density at radius 3 is 2.88 bits per heavy atom. The van der Waals surface area contributed by atoms with Gasteiger partial charge in [0.2, 0.25) is 5.91 Å². The molecule has 1 aliphatic rings. The molecule has 1 unspecified atom stereocenters. The largest absolute Gasteiger partial charge is 0.353 e. The number of nitrogens with zero attached hydrogens (tertiary/aromatic N) is 4. The summed E-state index contributed by atoms with van der Waals surface area (Å²) in [7, 11) is 0. The highest BCUT2D eigenvalue weighted by atomic mass is 16.2. The van der Waals surface area contributed by atoms with Crippen molar-refractivity contribution in [2.45, 2.75) is 39.7 Å². The molecule has 0 radical (unpaired) electrons. The van der Waals surface area contributed by atoms with Gasteiger partial charge in [0.05, 0.1) is 11.9 Å². The zero-order chi connectivity index (χ0) is 18.5. The zero-order valence-corrected chi connectivity index (χ0v) is 15.6. The van der Waals surface area contributed by atoms with Gasteiger partial charge in [0.25, 0.3) is 0 Å². The average Bonchev–Trinajstić information content (AvgIpc) is 2.63. The number of carbonyl (C=O) groups is 1. The van der Waals surface area contributed by atoms with Gasteiger partial charge in [0.15, 0.2) is 0 Å². The van der Waals surface area contributed by atoms with E-state index in [2.05, 4.69) is 37.4 Å². The van der Waals surface area contributed by atoms with E-state index < -0.39 is 0 Å². The van der Waals surface area contributed by atoms with Crippen LogP contribution in [0.1, 0.15) is 30.6 Å². The highest BCUT2D eigenvalue weighted by Crippen LogP contribution is 2.16. The third kappa shape index (κ3) is 4.54. The first-order valence-corrected chi connectivity index (χ1v) is 9.11. The Hall–Kier alpha value is -2.54. The van der Waals surface area contributed by atoms with Crippen LogP contribution in [0, 0.1) is 13.8 Å². The molecule has 0 spiro atoms. The average molecular weight is 354 g/mol. The van der Waals surface area contributed by atoms with Crippen molar-refractivity contribution in [2.75, 3.05) is 29.9 Å². The summed E-state index contributed by atoms with van der Waals surface area (Å²) in [5.41, 5.74) is 2.60. The monoisotopic (exact) mass is 354 g/mol. The van der Waals surface area contributed by atoms with Gasteiger partial charge in [-0.1, -0.05) is 6.92 Å². The van der Waals surface area contributed by atoms with Crippen molar-refractivity contribution in [1.29, 1.82) is 0 Å². The predicted molar refractivity (Wildman–Crippen MR) is 102 cm³/mol. The molecule has 3 heterocycles. The number of aryl methyl sites for hydroxylation is 3. The number of carbonyl (C=O) groups excluding carboxylic acids is 1. The fraction of sp³-hybridized carbons (Fsp3) is 0.474. The van der Waals surface area contributed by atoms with Gasteiger partial charge in [-0.15, -0.1) is 0 Å². The molecular formula is C19H26N6O. The molecule has 7 heteroatoms. The van der Waals surface area contributed by atoms with Crippen molar-refractivity contribution in [3.8, 4) is 0 Å². The Labute approximate surface area is 154 Å². The van der Waals surface area contributed by atoms with Crippen molar-refractivity contribution < 1.29 is 4.79 Å². The molecule has 2 aromatic rings. The summed E-state index contributed by atoms with van der Waals surface area (Å²) in [5.74, 6) is 1.71. The van der Waals surface area contributed by atoms with Crippen molar-refractivity contribution >= 4 is 17.4 Å². The number of nitrogens with one attached hydrogen (secondary N) is 2. The zero-order valence-electron chi connectivity index (χ0n) is 15.6. The molecule has 1 aliphatic heterocycles. The molecule has 1 amide bonds. The van der Waals surface area contributed by atoms with Crippen molar-refractivity contribution in [2.24, 2.45) is 0 Å². The van der Waals surface area contributed by atoms with Gasteiger partial charge in [-0.05, 0) is 32.4 Å². The van der Waals surface area contributed by atoms with Crippen LogP contribution in [0.4, 0.5) is 11.5 Å². The maximum Gasteiger partial charge on any atom is 0.243 e. The number of hydrogen-bond donors (Lipinski definition) is 2. The minimum absolute atomic E-state index is 0.0556. The number of aromatic nitrogens is 3. The van der Waals surface area contributed by atoms with Crippen molar-refractivity contribution in [1.82, 2.24) is 20.3 Å². The van der Waals surface area contributed by atoms with Crippen LogP contribution < -0.4 is 15.5 Å². The number of rotatable bonds is 5. The minimum atomic E-state index is -0.296. The molecule has 26 heavy (non-hydrogen) atoms. The van der Waals surface area contributed by atoms with E-state index in [0.29, 0.717) is 12.2 Å². The van der Waals surface area contributed by atoms with E-state index in [0.717, 1.165) is 49.0 Å². The molecule has 2 aromatic heterocycles. The lowest BCUT2D eigenvalue weighted by molar-refractivity contribution is -0.118. The van der Waals surface area contributed by atoms with Gasteiger partial charge in [-0.25, -0.2) is 9.97 Å². The first-order valence-electron chi connectivity index (χ1n) is 9.11. The van der Waals surface area contributed by atoms with Crippen LogP contribution in [0.3, 0.4) is 0 Å². The van der Waals surface area contributed by atoms with Crippen molar-refractivity contribution in [3.63, 3.8) is 0 Å². The molecular weight excluding hydrogens is 328 g/mol. The van der Waals surface area contributed by atoms with E-state index >= 15 is 0 Å². The number of hydrogen-bond acceptors (Lipinski definition) is 6. The van der Waals surface area contributed by atoms with E-state index in [1.165, 1.54) is 0 Å². The molecule has 1 atom stereocenters. The molecule has 0 aromatic carbocycles. The summed E-state index contributed by atoms with van der Waals surface area (Å²) in [5, 5.41) is 6.22. The number of pyridine rings is 1. The van der Waals surface area contributed by atoms with E-state index in [1.54, 1.807) is 6.20 Å². The lowest BCUT2D eigenvalue weighted by atomic mass is 10.2. The first kappa shape index (κ1) is 18.3. The van der Waals surface area contributed by atoms with E-state index in [1.807, 2.05) is 32.0 Å². The molecule has 0 aliphatic carbocycles. The molecule has 0 bridgehead atoms. The van der Waals surface area contributed by atoms with Crippen LogP contribution in [0.15, 0.2) is 24.4 Å². The highest BCUT2D eigenvalue weighted by Gasteiger charge is 2.26. The van der Waals surface area contributed by atoms with Crippen molar-refractivity contribution in [3.05, 3.63) is 41.6 Å². The molecule has 1 saturated heterocycles. The van der Waals surface area contributed by atoms with Crippen LogP contribution in [0.5, 0.6) is 0 Å². The summed E-state index contributed by atoms with van der Waals surface area (Å²) < 4.78 is 0. The quantitative estimate of drug-likeness (QED) is 0.853. The smallest absolute Gasteiger partial charge is 0.243 e. The standard InChI is InChI=1S/C19H26N6O/c1-4-5-17-22-14(3)10-18(24-17)25-9-8-20-16(12-25)19(26)23-15-7-6-13(2)21-11-15/h6-7,10-11,16,20H,4-5,8-9,12H2,1-3H3,(H,23,26). The van der Waals surface area contributed by atoms with Crippen LogP contribution in [0.2, 0.25) is 0 Å². The Kier molecular flexibility index (Phi) is 5.78. The predicted octanol–water partition coefficient (Wildman–Crippen LogP) is 1.86. The Bertz CT molecular complexity index is 761. The lowest BCUT2D eigenvalue weighted by Gasteiger charge is -2.34. The van der Waals surface area contributed by atoms with Crippen LogP contribution in [0.25, 0.3) is 0 Å². The first-order chi connectivity index (χ1) is 12.5. The van der Waals surface area contributed by atoms with Gasteiger partial charge in [-0.2, -0.15) is 0 Å². The number of piperazine rings is 1. The fourth-order valence-electron chi connectivity index (χ4n) is 3.01. The maximum atomic E-state index is 12.6.